The van der Waals surface area contributed by atoms with Crippen LogP contribution in [0.25, 0.3) is 16.9 Å². The molecule has 1 aromatic carbocycles. The summed E-state index contributed by atoms with van der Waals surface area (Å²) in [5.74, 6) is 0. The summed E-state index contributed by atoms with van der Waals surface area (Å²) in [6.45, 7) is 6.10. The second-order valence-electron chi connectivity index (χ2n) is 4.53. The largest absolute Gasteiger partial charge is 0.337 e. The molecule has 2 aromatic heterocycles. The van der Waals surface area contributed by atoms with Crippen molar-refractivity contribution < 1.29 is 0 Å². The fourth-order valence-corrected chi connectivity index (χ4v) is 2.34. The van der Waals surface area contributed by atoms with Crippen molar-refractivity contribution in [1.82, 2.24) is 18.7 Å². The summed E-state index contributed by atoms with van der Waals surface area (Å²) in [7, 11) is 1.75. The first-order chi connectivity index (χ1) is 10.6. The molecule has 0 aliphatic heterocycles. The van der Waals surface area contributed by atoms with Crippen molar-refractivity contribution in [1.29, 1.82) is 0 Å². The van der Waals surface area contributed by atoms with E-state index < -0.39 is 0 Å². The number of benzene rings is 1. The molecule has 0 N–H and O–H groups in total. The number of hydrogen-bond acceptors (Lipinski definition) is 3. The molecule has 0 spiro atoms. The minimum atomic E-state index is -0.366. The van der Waals surface area contributed by atoms with Gasteiger partial charge in [0.1, 0.15) is 0 Å². The molecule has 0 unspecified atom stereocenters. The van der Waals surface area contributed by atoms with Gasteiger partial charge in [0.2, 0.25) is 0 Å². The van der Waals surface area contributed by atoms with Gasteiger partial charge in [0.25, 0.3) is 5.56 Å². The lowest BCUT2D eigenvalue weighted by Gasteiger charge is -2.10. The highest BCUT2D eigenvalue weighted by Gasteiger charge is 2.16. The van der Waals surface area contributed by atoms with Gasteiger partial charge in [0, 0.05) is 13.6 Å². The summed E-state index contributed by atoms with van der Waals surface area (Å²) < 4.78 is 4.33. The summed E-state index contributed by atoms with van der Waals surface area (Å²) in [5, 5.41) is 0. The number of fused-ring (bicyclic) bond motifs is 1. The van der Waals surface area contributed by atoms with Gasteiger partial charge in [-0.25, -0.2) is 14.3 Å². The van der Waals surface area contributed by atoms with Crippen LogP contribution < -0.4 is 11.2 Å². The van der Waals surface area contributed by atoms with Crippen LogP contribution in [0.3, 0.4) is 0 Å². The number of nitrogens with zero attached hydrogens (tertiary/aromatic N) is 4. The second-order valence-corrected chi connectivity index (χ2v) is 4.53. The maximum atomic E-state index is 12.5. The zero-order valence-corrected chi connectivity index (χ0v) is 13.3. The van der Waals surface area contributed by atoms with Gasteiger partial charge < -0.3 is 4.57 Å². The van der Waals surface area contributed by atoms with Crippen LogP contribution in [0.5, 0.6) is 0 Å². The number of para-hydroxylation sites is 1. The van der Waals surface area contributed by atoms with E-state index >= 15 is 0 Å². The lowest BCUT2D eigenvalue weighted by Crippen LogP contribution is -2.39. The summed E-state index contributed by atoms with van der Waals surface area (Å²) in [5.41, 5.74) is 0.840. The predicted octanol–water partition coefficient (Wildman–Crippen LogP) is 1.93. The molecule has 22 heavy (non-hydrogen) atoms. The molecule has 0 radical (unpaired) electrons. The third-order valence-electron chi connectivity index (χ3n) is 3.33. The van der Waals surface area contributed by atoms with Crippen molar-refractivity contribution in [3.8, 4) is 5.69 Å². The monoisotopic (exact) mass is 300 g/mol. The van der Waals surface area contributed by atoms with Crippen molar-refractivity contribution in [2.24, 2.45) is 7.05 Å². The Morgan fingerprint density at radius 3 is 2.32 bits per heavy atom. The minimum absolute atomic E-state index is 0.306. The van der Waals surface area contributed by atoms with Crippen LogP contribution in [-0.4, -0.2) is 18.7 Å². The summed E-state index contributed by atoms with van der Waals surface area (Å²) >= 11 is 0. The number of aryl methyl sites for hydroxylation is 1. The topological polar surface area (TPSA) is 61.8 Å². The van der Waals surface area contributed by atoms with Crippen LogP contribution in [-0.2, 0) is 13.6 Å². The van der Waals surface area contributed by atoms with Crippen molar-refractivity contribution in [3.05, 3.63) is 57.5 Å². The quantitative estimate of drug-likeness (QED) is 0.726. The van der Waals surface area contributed by atoms with E-state index in [2.05, 4.69) is 4.98 Å². The fourth-order valence-electron chi connectivity index (χ4n) is 2.34. The number of aromatic nitrogens is 4. The Labute approximate surface area is 128 Å². The van der Waals surface area contributed by atoms with Crippen molar-refractivity contribution >= 4 is 11.2 Å². The fraction of sp³-hybridized carbons (Fsp3) is 0.312. The maximum absolute atomic E-state index is 12.5. The molecule has 3 rings (SSSR count). The Balaban J connectivity index is 0.000000847. The minimum Gasteiger partial charge on any atom is -0.328 e. The summed E-state index contributed by atoms with van der Waals surface area (Å²) in [6.07, 6.45) is 1.55. The zero-order chi connectivity index (χ0) is 16.3. The molecule has 0 fully saturated rings. The van der Waals surface area contributed by atoms with E-state index in [4.69, 9.17) is 0 Å². The molecule has 6 nitrogen and oxygen atoms in total. The molecule has 0 bridgehead atoms. The standard InChI is InChI=1S/C14H14N4O2.C2H6/c1-3-17-13(19)11-12(15-9-16(11)2)18(14(17)20)10-7-5-4-6-8-10;1-2/h4-9H,3H2,1-2H3;1-2H3. The van der Waals surface area contributed by atoms with E-state index in [1.54, 1.807) is 24.9 Å². The van der Waals surface area contributed by atoms with Gasteiger partial charge in [-0.1, -0.05) is 32.0 Å². The zero-order valence-electron chi connectivity index (χ0n) is 13.3. The highest BCUT2D eigenvalue weighted by molar-refractivity contribution is 5.72. The van der Waals surface area contributed by atoms with Gasteiger partial charge in [-0.05, 0) is 19.1 Å². The Bertz CT molecular complexity index is 888. The first-order valence-electron chi connectivity index (χ1n) is 7.37. The molecule has 2 heterocycles. The van der Waals surface area contributed by atoms with Crippen molar-refractivity contribution in [2.75, 3.05) is 0 Å². The third-order valence-corrected chi connectivity index (χ3v) is 3.33. The molecular formula is C16H20N4O2. The predicted molar refractivity (Wildman–Crippen MR) is 87.6 cm³/mol. The van der Waals surface area contributed by atoms with Crippen LogP contribution in [0.15, 0.2) is 46.2 Å². The lowest BCUT2D eigenvalue weighted by molar-refractivity contribution is 0.657. The molecule has 0 atom stereocenters. The van der Waals surface area contributed by atoms with Gasteiger partial charge in [-0.3, -0.25) is 9.36 Å². The maximum Gasteiger partial charge on any atom is 0.337 e. The summed E-state index contributed by atoms with van der Waals surface area (Å²) in [4.78, 5) is 29.1. The van der Waals surface area contributed by atoms with Crippen molar-refractivity contribution in [2.45, 2.75) is 27.3 Å². The molecule has 0 saturated carbocycles. The lowest BCUT2D eigenvalue weighted by atomic mass is 10.3. The van der Waals surface area contributed by atoms with E-state index in [1.807, 2.05) is 44.2 Å². The van der Waals surface area contributed by atoms with E-state index in [0.717, 1.165) is 0 Å². The van der Waals surface area contributed by atoms with Gasteiger partial charge >= 0.3 is 5.69 Å². The average Bonchev–Trinajstić information content (AvgIpc) is 2.93. The number of hydrogen-bond donors (Lipinski definition) is 0. The molecule has 116 valence electrons. The summed E-state index contributed by atoms with van der Waals surface area (Å²) in [6, 6.07) is 9.20. The van der Waals surface area contributed by atoms with Crippen LogP contribution in [0.2, 0.25) is 0 Å². The number of imidazole rings is 1. The van der Waals surface area contributed by atoms with Gasteiger partial charge in [-0.15, -0.1) is 0 Å². The first kappa shape index (κ1) is 15.8. The van der Waals surface area contributed by atoms with E-state index in [9.17, 15) is 9.59 Å². The van der Waals surface area contributed by atoms with E-state index in [1.165, 1.54) is 9.13 Å². The Morgan fingerprint density at radius 2 is 1.73 bits per heavy atom. The Hall–Kier alpha value is -2.63. The molecular weight excluding hydrogens is 280 g/mol. The molecule has 3 aromatic rings. The molecule has 0 aliphatic carbocycles. The third kappa shape index (κ3) is 2.36. The van der Waals surface area contributed by atoms with Gasteiger partial charge in [0.05, 0.1) is 12.0 Å². The number of rotatable bonds is 2. The highest BCUT2D eigenvalue weighted by Crippen LogP contribution is 2.11. The highest BCUT2D eigenvalue weighted by atomic mass is 16.2. The normalized spacial score (nSPS) is 10.4. The van der Waals surface area contributed by atoms with Gasteiger partial charge in [-0.2, -0.15) is 0 Å². The van der Waals surface area contributed by atoms with Crippen LogP contribution in [0.1, 0.15) is 20.8 Å². The van der Waals surface area contributed by atoms with Crippen LogP contribution in [0.4, 0.5) is 0 Å². The van der Waals surface area contributed by atoms with Gasteiger partial charge in [0.15, 0.2) is 11.2 Å². The Kier molecular flexibility index (Phi) is 4.60. The van der Waals surface area contributed by atoms with Crippen LogP contribution >= 0.6 is 0 Å². The average molecular weight is 300 g/mol. The van der Waals surface area contributed by atoms with Crippen molar-refractivity contribution in [3.63, 3.8) is 0 Å². The Morgan fingerprint density at radius 1 is 1.09 bits per heavy atom. The van der Waals surface area contributed by atoms with Crippen LogP contribution in [0, 0.1) is 0 Å². The van der Waals surface area contributed by atoms with E-state index in [0.29, 0.717) is 23.4 Å². The molecule has 6 heteroatoms. The first-order valence-corrected chi connectivity index (χ1v) is 7.37. The smallest absolute Gasteiger partial charge is 0.328 e. The SMILES string of the molecule is CC.CCn1c(=O)c2c(ncn2C)n(-c2ccccc2)c1=O. The van der Waals surface area contributed by atoms with E-state index in [-0.39, 0.29) is 11.2 Å². The molecule has 0 amide bonds. The second kappa shape index (κ2) is 6.43. The molecule has 0 saturated heterocycles. The molecule has 0 aliphatic rings.